The minimum atomic E-state index is -4.86. The van der Waals surface area contributed by atoms with Gasteiger partial charge >= 0.3 is 6.18 Å². The Morgan fingerprint density at radius 3 is 2.54 bits per heavy atom. The van der Waals surface area contributed by atoms with Gasteiger partial charge in [-0.05, 0) is 46.6 Å². The number of nitrogens with zero attached hydrogens (tertiary/aromatic N) is 1. The third kappa shape index (κ3) is 4.94. The highest BCUT2D eigenvalue weighted by Gasteiger charge is 2.36. The molecular formula is C16H12BrF3N2O4. The predicted octanol–water partition coefficient (Wildman–Crippen LogP) is 4.70. The van der Waals surface area contributed by atoms with Gasteiger partial charge in [-0.1, -0.05) is 6.07 Å². The van der Waals surface area contributed by atoms with Crippen LogP contribution in [0.4, 0.5) is 24.5 Å². The largest absolute Gasteiger partial charge is 0.483 e. The highest BCUT2D eigenvalue weighted by molar-refractivity contribution is 9.10. The third-order valence-electron chi connectivity index (χ3n) is 3.24. The van der Waals surface area contributed by atoms with E-state index in [1.54, 1.807) is 18.2 Å². The number of rotatable bonds is 5. The van der Waals surface area contributed by atoms with Crippen molar-refractivity contribution in [3.63, 3.8) is 0 Å². The molecule has 0 saturated heterocycles. The molecule has 0 atom stereocenters. The van der Waals surface area contributed by atoms with Gasteiger partial charge in [0, 0.05) is 16.6 Å². The molecule has 26 heavy (non-hydrogen) atoms. The lowest BCUT2D eigenvalue weighted by atomic mass is 10.1. The molecule has 2 aromatic carbocycles. The first-order valence-electron chi connectivity index (χ1n) is 7.12. The maximum Gasteiger partial charge on any atom is 0.420 e. The van der Waals surface area contributed by atoms with Crippen molar-refractivity contribution in [2.75, 3.05) is 11.9 Å². The Morgan fingerprint density at radius 1 is 1.27 bits per heavy atom. The summed E-state index contributed by atoms with van der Waals surface area (Å²) in [6.45, 7) is 1.16. The van der Waals surface area contributed by atoms with Crippen molar-refractivity contribution in [1.29, 1.82) is 0 Å². The van der Waals surface area contributed by atoms with Gasteiger partial charge in [0.2, 0.25) is 0 Å². The first kappa shape index (κ1) is 19.7. The Kier molecular flexibility index (Phi) is 5.86. The minimum absolute atomic E-state index is 0.365. The van der Waals surface area contributed by atoms with Crippen molar-refractivity contribution in [2.24, 2.45) is 0 Å². The average molecular weight is 433 g/mol. The summed E-state index contributed by atoms with van der Waals surface area (Å²) in [6.07, 6.45) is -4.86. The van der Waals surface area contributed by atoms with E-state index in [-0.39, 0.29) is 0 Å². The van der Waals surface area contributed by atoms with E-state index in [1.165, 1.54) is 0 Å². The van der Waals surface area contributed by atoms with Crippen molar-refractivity contribution < 1.29 is 27.6 Å². The molecule has 138 valence electrons. The Hall–Kier alpha value is -2.62. The molecule has 0 unspecified atom stereocenters. The second-order valence-corrected chi connectivity index (χ2v) is 6.11. The quantitative estimate of drug-likeness (QED) is 0.548. The fourth-order valence-electron chi connectivity index (χ4n) is 2.03. The molecule has 0 aliphatic rings. The fraction of sp³-hybridized carbons (Fsp3) is 0.188. The summed E-state index contributed by atoms with van der Waals surface area (Å²) < 4.78 is 44.7. The van der Waals surface area contributed by atoms with Gasteiger partial charge in [-0.3, -0.25) is 14.9 Å². The smallest absolute Gasteiger partial charge is 0.420 e. The van der Waals surface area contributed by atoms with Crippen LogP contribution in [-0.4, -0.2) is 17.4 Å². The minimum Gasteiger partial charge on any atom is -0.483 e. The standard InChI is InChI=1S/C16H12BrF3N2O4/c1-9-2-4-13(12(17)6-9)21-15(23)8-26-14-5-3-10(22(24)25)7-11(14)16(18,19)20/h2-7H,8H2,1H3,(H,21,23). The van der Waals surface area contributed by atoms with Gasteiger partial charge in [0.15, 0.2) is 6.61 Å². The summed E-state index contributed by atoms with van der Waals surface area (Å²) in [4.78, 5) is 21.6. The number of anilines is 1. The van der Waals surface area contributed by atoms with Crippen molar-refractivity contribution in [2.45, 2.75) is 13.1 Å². The molecule has 0 aromatic heterocycles. The lowest BCUT2D eigenvalue weighted by Crippen LogP contribution is -2.21. The lowest BCUT2D eigenvalue weighted by Gasteiger charge is -2.14. The van der Waals surface area contributed by atoms with E-state index in [0.29, 0.717) is 16.2 Å². The molecule has 6 nitrogen and oxygen atoms in total. The number of nitrogens with one attached hydrogen (secondary N) is 1. The molecule has 2 rings (SSSR count). The van der Waals surface area contributed by atoms with E-state index in [0.717, 1.165) is 17.7 Å². The van der Waals surface area contributed by atoms with Crippen molar-refractivity contribution in [1.82, 2.24) is 0 Å². The number of hydrogen-bond acceptors (Lipinski definition) is 4. The van der Waals surface area contributed by atoms with Crippen LogP contribution in [0.25, 0.3) is 0 Å². The molecular weight excluding hydrogens is 421 g/mol. The monoisotopic (exact) mass is 432 g/mol. The van der Waals surface area contributed by atoms with Gasteiger partial charge in [0.25, 0.3) is 11.6 Å². The zero-order valence-electron chi connectivity index (χ0n) is 13.3. The lowest BCUT2D eigenvalue weighted by molar-refractivity contribution is -0.385. The highest BCUT2D eigenvalue weighted by Crippen LogP contribution is 2.38. The van der Waals surface area contributed by atoms with Crippen LogP contribution < -0.4 is 10.1 Å². The summed E-state index contributed by atoms with van der Waals surface area (Å²) >= 11 is 3.26. The molecule has 0 aliphatic heterocycles. The van der Waals surface area contributed by atoms with E-state index >= 15 is 0 Å². The van der Waals surface area contributed by atoms with E-state index in [9.17, 15) is 28.1 Å². The topological polar surface area (TPSA) is 81.5 Å². The maximum absolute atomic E-state index is 13.0. The van der Waals surface area contributed by atoms with Crippen LogP contribution in [0.5, 0.6) is 5.75 Å². The summed E-state index contributed by atoms with van der Waals surface area (Å²) in [7, 11) is 0. The summed E-state index contributed by atoms with van der Waals surface area (Å²) in [5.41, 5.74) is -0.663. The molecule has 1 amide bonds. The second-order valence-electron chi connectivity index (χ2n) is 5.26. The number of benzene rings is 2. The fourth-order valence-corrected chi connectivity index (χ4v) is 2.62. The Balaban J connectivity index is 2.13. The number of ether oxygens (including phenoxy) is 1. The molecule has 10 heteroatoms. The Labute approximate surface area is 154 Å². The molecule has 0 radical (unpaired) electrons. The van der Waals surface area contributed by atoms with Crippen LogP contribution in [-0.2, 0) is 11.0 Å². The number of non-ortho nitro benzene ring substituents is 1. The first-order valence-corrected chi connectivity index (χ1v) is 7.91. The second kappa shape index (κ2) is 7.73. The summed E-state index contributed by atoms with van der Waals surface area (Å²) in [6, 6.07) is 7.19. The summed E-state index contributed by atoms with van der Waals surface area (Å²) in [5, 5.41) is 13.1. The molecule has 0 spiro atoms. The van der Waals surface area contributed by atoms with E-state index in [4.69, 9.17) is 4.74 Å². The SMILES string of the molecule is Cc1ccc(NC(=O)COc2ccc([N+](=O)[O-])cc2C(F)(F)F)c(Br)c1. The van der Waals surface area contributed by atoms with Crippen LogP contribution in [0.15, 0.2) is 40.9 Å². The van der Waals surface area contributed by atoms with Crippen LogP contribution in [0.1, 0.15) is 11.1 Å². The van der Waals surface area contributed by atoms with Crippen molar-refractivity contribution in [3.8, 4) is 5.75 Å². The van der Waals surface area contributed by atoms with E-state index < -0.39 is 40.6 Å². The van der Waals surface area contributed by atoms with Gasteiger partial charge in [0.1, 0.15) is 11.3 Å². The van der Waals surface area contributed by atoms with Gasteiger partial charge in [-0.25, -0.2) is 0 Å². The van der Waals surface area contributed by atoms with E-state index in [1.807, 2.05) is 6.92 Å². The number of hydrogen-bond donors (Lipinski definition) is 1. The number of nitro benzene ring substituents is 1. The van der Waals surface area contributed by atoms with Gasteiger partial charge in [-0.15, -0.1) is 0 Å². The number of carbonyl (C=O) groups excluding carboxylic acids is 1. The average Bonchev–Trinajstić information content (AvgIpc) is 2.54. The number of aryl methyl sites for hydroxylation is 1. The molecule has 2 aromatic rings. The maximum atomic E-state index is 13.0. The van der Waals surface area contributed by atoms with Gasteiger partial charge < -0.3 is 10.1 Å². The highest BCUT2D eigenvalue weighted by atomic mass is 79.9. The molecule has 0 fully saturated rings. The van der Waals surface area contributed by atoms with Crippen LogP contribution >= 0.6 is 15.9 Å². The molecule has 0 saturated carbocycles. The molecule has 1 N–H and O–H groups in total. The number of halogens is 4. The van der Waals surface area contributed by atoms with Gasteiger partial charge in [-0.2, -0.15) is 13.2 Å². The molecule has 0 heterocycles. The third-order valence-corrected chi connectivity index (χ3v) is 3.89. The summed E-state index contributed by atoms with van der Waals surface area (Å²) in [5.74, 6) is -1.35. The first-order chi connectivity index (χ1) is 12.1. The zero-order chi connectivity index (χ0) is 19.5. The van der Waals surface area contributed by atoms with Crippen LogP contribution in [0.3, 0.4) is 0 Å². The zero-order valence-corrected chi connectivity index (χ0v) is 14.8. The predicted molar refractivity (Wildman–Crippen MR) is 91.1 cm³/mol. The molecule has 0 aliphatic carbocycles. The van der Waals surface area contributed by atoms with Crippen LogP contribution in [0.2, 0.25) is 0 Å². The van der Waals surface area contributed by atoms with Crippen molar-refractivity contribution in [3.05, 3.63) is 62.1 Å². The van der Waals surface area contributed by atoms with Crippen LogP contribution in [0, 0.1) is 17.0 Å². The number of carbonyl (C=O) groups is 1. The number of nitro groups is 1. The number of alkyl halides is 3. The Bertz CT molecular complexity index is 856. The normalized spacial score (nSPS) is 11.1. The van der Waals surface area contributed by atoms with Gasteiger partial charge in [0.05, 0.1) is 10.6 Å². The Morgan fingerprint density at radius 2 is 1.96 bits per heavy atom. The van der Waals surface area contributed by atoms with E-state index in [2.05, 4.69) is 21.2 Å². The molecule has 0 bridgehead atoms. The number of amides is 1. The van der Waals surface area contributed by atoms with Crippen molar-refractivity contribution >= 4 is 33.2 Å².